The highest BCUT2D eigenvalue weighted by molar-refractivity contribution is 6.04. The molecule has 0 radical (unpaired) electrons. The van der Waals surface area contributed by atoms with Crippen molar-refractivity contribution in [2.75, 3.05) is 5.32 Å². The zero-order valence-electron chi connectivity index (χ0n) is 20.0. The number of aryl methyl sites for hydroxylation is 2. The number of fused-ring (bicyclic) bond motifs is 2. The molecular formula is C30H24N6O. The SMILES string of the molecule is C=CC(=O)Nc1cccc(-c2cnc3[nH]cc(-c4ccnc5[nH]c(CCc6ccccn6)cc45)c3c2)c1. The fraction of sp³-hybridized carbons (Fsp3) is 0.0667. The Hall–Kier alpha value is -5.04. The van der Waals surface area contributed by atoms with Gasteiger partial charge in [-0.05, 0) is 72.5 Å². The van der Waals surface area contributed by atoms with Crippen LogP contribution in [-0.4, -0.2) is 30.8 Å². The number of hydrogen-bond donors (Lipinski definition) is 3. The molecule has 0 unspecified atom stereocenters. The average Bonchev–Trinajstić information content (AvgIpc) is 3.56. The molecule has 1 amide bonds. The van der Waals surface area contributed by atoms with Gasteiger partial charge >= 0.3 is 0 Å². The van der Waals surface area contributed by atoms with E-state index < -0.39 is 0 Å². The molecule has 5 aromatic heterocycles. The Morgan fingerprint density at radius 2 is 1.78 bits per heavy atom. The van der Waals surface area contributed by atoms with E-state index in [1.807, 2.05) is 73.3 Å². The number of hydrogen-bond acceptors (Lipinski definition) is 4. The van der Waals surface area contributed by atoms with Crippen LogP contribution in [0.25, 0.3) is 44.3 Å². The Kier molecular flexibility index (Phi) is 5.78. The number of carbonyl (C=O) groups excluding carboxylic acids is 1. The van der Waals surface area contributed by atoms with Gasteiger partial charge in [0, 0.05) is 63.8 Å². The molecule has 0 spiro atoms. The first kappa shape index (κ1) is 22.4. The monoisotopic (exact) mass is 484 g/mol. The number of nitrogens with zero attached hydrogens (tertiary/aromatic N) is 3. The summed E-state index contributed by atoms with van der Waals surface area (Å²) >= 11 is 0. The van der Waals surface area contributed by atoms with Crippen LogP contribution in [0.1, 0.15) is 11.4 Å². The molecule has 0 bridgehead atoms. The summed E-state index contributed by atoms with van der Waals surface area (Å²) in [5.41, 5.74) is 8.63. The van der Waals surface area contributed by atoms with E-state index in [0.717, 1.165) is 68.6 Å². The summed E-state index contributed by atoms with van der Waals surface area (Å²) in [5.74, 6) is -0.244. The first-order chi connectivity index (χ1) is 18.2. The van der Waals surface area contributed by atoms with Gasteiger partial charge in [-0.25, -0.2) is 9.97 Å². The van der Waals surface area contributed by atoms with E-state index in [2.05, 4.69) is 48.9 Å². The third kappa shape index (κ3) is 4.50. The molecule has 6 aromatic rings. The highest BCUT2D eigenvalue weighted by Crippen LogP contribution is 2.35. The molecule has 0 aliphatic heterocycles. The summed E-state index contributed by atoms with van der Waals surface area (Å²) in [5, 5.41) is 4.90. The van der Waals surface area contributed by atoms with E-state index in [0.29, 0.717) is 5.69 Å². The van der Waals surface area contributed by atoms with Gasteiger partial charge in [-0.3, -0.25) is 9.78 Å². The van der Waals surface area contributed by atoms with Gasteiger partial charge in [0.15, 0.2) is 0 Å². The maximum absolute atomic E-state index is 11.7. The van der Waals surface area contributed by atoms with Crippen LogP contribution in [0, 0.1) is 0 Å². The van der Waals surface area contributed by atoms with E-state index >= 15 is 0 Å². The van der Waals surface area contributed by atoms with Gasteiger partial charge in [0.1, 0.15) is 11.3 Å². The topological polar surface area (TPSA) is 99.4 Å². The lowest BCUT2D eigenvalue weighted by Gasteiger charge is -2.07. The second-order valence-electron chi connectivity index (χ2n) is 8.83. The van der Waals surface area contributed by atoms with Crippen LogP contribution in [0.3, 0.4) is 0 Å². The van der Waals surface area contributed by atoms with Crippen molar-refractivity contribution in [3.8, 4) is 22.3 Å². The lowest BCUT2D eigenvalue weighted by atomic mass is 10.0. The van der Waals surface area contributed by atoms with E-state index in [-0.39, 0.29) is 5.91 Å². The molecule has 0 saturated heterocycles. The molecule has 0 atom stereocenters. The number of anilines is 1. The maximum Gasteiger partial charge on any atom is 0.247 e. The second-order valence-corrected chi connectivity index (χ2v) is 8.83. The summed E-state index contributed by atoms with van der Waals surface area (Å²) in [4.78, 5) is 32.2. The van der Waals surface area contributed by atoms with Gasteiger partial charge in [0.2, 0.25) is 5.91 Å². The van der Waals surface area contributed by atoms with Gasteiger partial charge in [-0.2, -0.15) is 0 Å². The zero-order valence-corrected chi connectivity index (χ0v) is 20.0. The van der Waals surface area contributed by atoms with Crippen molar-refractivity contribution in [1.29, 1.82) is 0 Å². The molecule has 0 fully saturated rings. The van der Waals surface area contributed by atoms with Crippen molar-refractivity contribution in [3.63, 3.8) is 0 Å². The van der Waals surface area contributed by atoms with Crippen molar-refractivity contribution < 1.29 is 4.79 Å². The Morgan fingerprint density at radius 3 is 2.65 bits per heavy atom. The lowest BCUT2D eigenvalue weighted by molar-refractivity contribution is -0.111. The number of aromatic nitrogens is 5. The van der Waals surface area contributed by atoms with Crippen molar-refractivity contribution in [2.24, 2.45) is 0 Å². The summed E-state index contributed by atoms with van der Waals surface area (Å²) < 4.78 is 0. The van der Waals surface area contributed by atoms with Crippen LogP contribution >= 0.6 is 0 Å². The Labute approximate surface area is 213 Å². The Balaban J connectivity index is 1.36. The summed E-state index contributed by atoms with van der Waals surface area (Å²) in [6, 6.07) is 20.0. The van der Waals surface area contributed by atoms with E-state index in [4.69, 9.17) is 0 Å². The fourth-order valence-corrected chi connectivity index (χ4v) is 4.61. The molecule has 0 saturated carbocycles. The highest BCUT2D eigenvalue weighted by Gasteiger charge is 2.14. The average molecular weight is 485 g/mol. The van der Waals surface area contributed by atoms with Gasteiger partial charge in [-0.1, -0.05) is 24.8 Å². The highest BCUT2D eigenvalue weighted by atomic mass is 16.1. The molecule has 0 aliphatic carbocycles. The Bertz CT molecular complexity index is 1750. The lowest BCUT2D eigenvalue weighted by Crippen LogP contribution is -2.06. The summed E-state index contributed by atoms with van der Waals surface area (Å²) in [6.07, 6.45) is 10.5. The van der Waals surface area contributed by atoms with Crippen LogP contribution in [0.4, 0.5) is 5.69 Å². The third-order valence-corrected chi connectivity index (χ3v) is 6.43. The number of aromatic amines is 2. The van der Waals surface area contributed by atoms with Gasteiger partial charge in [0.25, 0.3) is 0 Å². The zero-order chi connectivity index (χ0) is 25.2. The van der Waals surface area contributed by atoms with Crippen molar-refractivity contribution in [3.05, 3.63) is 109 Å². The van der Waals surface area contributed by atoms with Crippen LogP contribution < -0.4 is 5.32 Å². The fourth-order valence-electron chi connectivity index (χ4n) is 4.61. The molecule has 1 aromatic carbocycles. The standard InChI is InChI=1S/C30H24N6O/c1-2-28(37)35-22-8-5-6-19(14-22)20-15-25-27(18-34-29(25)33-17-20)24-11-13-32-30-26(24)16-23(36-30)10-9-21-7-3-4-12-31-21/h2-8,11-18H,1,9-10H2,(H,32,36)(H,33,34)(H,35,37). The number of pyridine rings is 3. The number of amides is 1. The van der Waals surface area contributed by atoms with Crippen LogP contribution in [0.2, 0.25) is 0 Å². The van der Waals surface area contributed by atoms with Crippen molar-refractivity contribution in [1.82, 2.24) is 24.9 Å². The predicted octanol–water partition coefficient (Wildman–Crippen LogP) is 6.08. The second kappa shape index (κ2) is 9.54. The number of carbonyl (C=O) groups is 1. The summed E-state index contributed by atoms with van der Waals surface area (Å²) in [7, 11) is 0. The van der Waals surface area contributed by atoms with Crippen LogP contribution in [0.15, 0.2) is 98.1 Å². The Morgan fingerprint density at radius 1 is 0.865 bits per heavy atom. The molecule has 3 N–H and O–H groups in total. The van der Waals surface area contributed by atoms with Crippen molar-refractivity contribution >= 4 is 33.7 Å². The molecular weight excluding hydrogens is 460 g/mol. The van der Waals surface area contributed by atoms with E-state index in [9.17, 15) is 4.79 Å². The maximum atomic E-state index is 11.7. The molecule has 5 heterocycles. The minimum absolute atomic E-state index is 0.244. The molecule has 37 heavy (non-hydrogen) atoms. The van der Waals surface area contributed by atoms with Crippen LogP contribution in [0.5, 0.6) is 0 Å². The number of benzene rings is 1. The van der Waals surface area contributed by atoms with E-state index in [1.54, 1.807) is 0 Å². The third-order valence-electron chi connectivity index (χ3n) is 6.43. The van der Waals surface area contributed by atoms with Gasteiger partial charge in [0.05, 0.1) is 0 Å². The first-order valence-corrected chi connectivity index (χ1v) is 12.1. The van der Waals surface area contributed by atoms with Gasteiger partial charge < -0.3 is 15.3 Å². The largest absolute Gasteiger partial charge is 0.346 e. The van der Waals surface area contributed by atoms with E-state index in [1.165, 1.54) is 6.08 Å². The summed E-state index contributed by atoms with van der Waals surface area (Å²) in [6.45, 7) is 3.52. The minimum atomic E-state index is -0.244. The predicted molar refractivity (Wildman–Crippen MR) is 147 cm³/mol. The van der Waals surface area contributed by atoms with Crippen molar-refractivity contribution in [2.45, 2.75) is 12.8 Å². The molecule has 7 nitrogen and oxygen atoms in total. The molecule has 6 rings (SSSR count). The first-order valence-electron chi connectivity index (χ1n) is 12.1. The quantitative estimate of drug-likeness (QED) is 0.239. The number of H-pyrrole nitrogens is 2. The smallest absolute Gasteiger partial charge is 0.247 e. The van der Waals surface area contributed by atoms with Crippen LogP contribution in [-0.2, 0) is 17.6 Å². The normalized spacial score (nSPS) is 11.1. The number of rotatable bonds is 7. The minimum Gasteiger partial charge on any atom is -0.346 e. The number of nitrogens with one attached hydrogen (secondary N) is 3. The van der Waals surface area contributed by atoms with Gasteiger partial charge in [-0.15, -0.1) is 0 Å². The molecule has 7 heteroatoms. The molecule has 180 valence electrons. The molecule has 0 aliphatic rings.